The molecule has 1 aliphatic heterocycles. The molecule has 0 aromatic heterocycles. The molecule has 0 radical (unpaired) electrons. The first-order valence-electron chi connectivity index (χ1n) is 7.32. The van der Waals surface area contributed by atoms with E-state index in [0.29, 0.717) is 18.9 Å². The Morgan fingerprint density at radius 2 is 2.26 bits per heavy atom. The number of carbonyl (C=O) groups excluding carboxylic acids is 1. The number of ether oxygens (including phenoxy) is 1. The van der Waals surface area contributed by atoms with Crippen molar-refractivity contribution in [3.05, 3.63) is 0 Å². The SMILES string of the molecule is CC1CCCC(CNC(=O)CC2COCCN2)C1.Cl. The normalized spacial score (nSPS) is 31.3. The van der Waals surface area contributed by atoms with Crippen LogP contribution in [0.4, 0.5) is 0 Å². The van der Waals surface area contributed by atoms with Crippen molar-refractivity contribution >= 4 is 18.3 Å². The Balaban J connectivity index is 0.00000180. The fraction of sp³-hybridized carbons (Fsp3) is 0.929. The largest absolute Gasteiger partial charge is 0.378 e. The van der Waals surface area contributed by atoms with Crippen molar-refractivity contribution in [3.63, 3.8) is 0 Å². The summed E-state index contributed by atoms with van der Waals surface area (Å²) >= 11 is 0. The molecule has 3 atom stereocenters. The van der Waals surface area contributed by atoms with Crippen LogP contribution < -0.4 is 10.6 Å². The van der Waals surface area contributed by atoms with Crippen molar-refractivity contribution in [2.45, 2.75) is 45.1 Å². The lowest BCUT2D eigenvalue weighted by Gasteiger charge is -2.27. The summed E-state index contributed by atoms with van der Waals surface area (Å²) < 4.78 is 5.35. The summed E-state index contributed by atoms with van der Waals surface area (Å²) in [5.74, 6) is 1.68. The third-order valence-corrected chi connectivity index (χ3v) is 4.06. The zero-order valence-corrected chi connectivity index (χ0v) is 12.6. The standard InChI is InChI=1S/C14H26N2O2.ClH/c1-11-3-2-4-12(7-11)9-16-14(17)8-13-10-18-6-5-15-13;/h11-13,15H,2-10H2,1H3,(H,16,17);1H. The molecule has 2 aliphatic rings. The van der Waals surface area contributed by atoms with Crippen molar-refractivity contribution in [3.8, 4) is 0 Å². The number of morpholine rings is 1. The fourth-order valence-electron chi connectivity index (χ4n) is 3.05. The molecule has 2 N–H and O–H groups in total. The predicted molar refractivity (Wildman–Crippen MR) is 78.6 cm³/mol. The van der Waals surface area contributed by atoms with Crippen molar-refractivity contribution < 1.29 is 9.53 Å². The minimum atomic E-state index is 0. The van der Waals surface area contributed by atoms with Crippen LogP contribution >= 0.6 is 12.4 Å². The minimum absolute atomic E-state index is 0. The van der Waals surface area contributed by atoms with E-state index in [2.05, 4.69) is 17.6 Å². The van der Waals surface area contributed by atoms with Gasteiger partial charge in [-0.2, -0.15) is 0 Å². The van der Waals surface area contributed by atoms with Crippen molar-refractivity contribution in [1.29, 1.82) is 0 Å². The molecule has 1 saturated heterocycles. The molecule has 1 heterocycles. The van der Waals surface area contributed by atoms with Crippen LogP contribution in [0.3, 0.4) is 0 Å². The number of nitrogens with one attached hydrogen (secondary N) is 2. The van der Waals surface area contributed by atoms with E-state index in [1.54, 1.807) is 0 Å². The highest BCUT2D eigenvalue weighted by Gasteiger charge is 2.21. The smallest absolute Gasteiger partial charge is 0.221 e. The van der Waals surface area contributed by atoms with E-state index in [0.717, 1.165) is 25.6 Å². The van der Waals surface area contributed by atoms with Crippen LogP contribution in [-0.2, 0) is 9.53 Å². The Morgan fingerprint density at radius 3 is 2.95 bits per heavy atom. The van der Waals surface area contributed by atoms with Gasteiger partial charge >= 0.3 is 0 Å². The lowest BCUT2D eigenvalue weighted by atomic mass is 9.82. The number of hydrogen-bond donors (Lipinski definition) is 2. The third kappa shape index (κ3) is 6.11. The fourth-order valence-corrected chi connectivity index (χ4v) is 3.05. The average molecular weight is 291 g/mol. The van der Waals surface area contributed by atoms with Crippen LogP contribution in [0.15, 0.2) is 0 Å². The summed E-state index contributed by atoms with van der Waals surface area (Å²) in [5, 5.41) is 6.39. The highest BCUT2D eigenvalue weighted by molar-refractivity contribution is 5.85. The molecule has 5 heteroatoms. The van der Waals surface area contributed by atoms with E-state index in [4.69, 9.17) is 4.74 Å². The van der Waals surface area contributed by atoms with Gasteiger partial charge in [0.1, 0.15) is 0 Å². The average Bonchev–Trinajstić information content (AvgIpc) is 2.38. The van der Waals surface area contributed by atoms with Gasteiger partial charge in [-0.05, 0) is 24.7 Å². The van der Waals surface area contributed by atoms with Gasteiger partial charge in [-0.3, -0.25) is 4.79 Å². The van der Waals surface area contributed by atoms with E-state index in [1.807, 2.05) is 0 Å². The summed E-state index contributed by atoms with van der Waals surface area (Å²) in [6.07, 6.45) is 5.76. The van der Waals surface area contributed by atoms with Gasteiger partial charge in [0.2, 0.25) is 5.91 Å². The Hall–Kier alpha value is -0.320. The molecule has 19 heavy (non-hydrogen) atoms. The van der Waals surface area contributed by atoms with Gasteiger partial charge in [-0.15, -0.1) is 12.4 Å². The topological polar surface area (TPSA) is 50.4 Å². The summed E-state index contributed by atoms with van der Waals surface area (Å²) in [7, 11) is 0. The lowest BCUT2D eigenvalue weighted by Crippen LogP contribution is -2.44. The number of halogens is 1. The molecule has 0 aromatic carbocycles. The van der Waals surface area contributed by atoms with Gasteiger partial charge in [-0.1, -0.05) is 19.8 Å². The van der Waals surface area contributed by atoms with Crippen molar-refractivity contribution in [2.24, 2.45) is 11.8 Å². The maximum Gasteiger partial charge on any atom is 0.221 e. The molecule has 2 rings (SSSR count). The summed E-state index contributed by atoms with van der Waals surface area (Å²) in [6, 6.07) is 0.198. The Kier molecular flexibility index (Phi) is 7.73. The third-order valence-electron chi connectivity index (χ3n) is 4.06. The van der Waals surface area contributed by atoms with Crippen LogP contribution in [0.1, 0.15) is 39.0 Å². The lowest BCUT2D eigenvalue weighted by molar-refractivity contribution is -0.122. The molecular formula is C14H27ClN2O2. The molecule has 0 spiro atoms. The molecule has 1 aliphatic carbocycles. The first kappa shape index (κ1) is 16.7. The number of carbonyl (C=O) groups is 1. The van der Waals surface area contributed by atoms with E-state index in [1.165, 1.54) is 25.7 Å². The van der Waals surface area contributed by atoms with Crippen LogP contribution in [-0.4, -0.2) is 38.3 Å². The first-order chi connectivity index (χ1) is 8.74. The Labute approximate surface area is 122 Å². The number of rotatable bonds is 4. The molecule has 112 valence electrons. The van der Waals surface area contributed by atoms with Gasteiger partial charge in [0, 0.05) is 25.6 Å². The van der Waals surface area contributed by atoms with Crippen molar-refractivity contribution in [1.82, 2.24) is 10.6 Å². The Morgan fingerprint density at radius 1 is 1.42 bits per heavy atom. The van der Waals surface area contributed by atoms with Crippen molar-refractivity contribution in [2.75, 3.05) is 26.3 Å². The van der Waals surface area contributed by atoms with E-state index in [9.17, 15) is 4.79 Å². The van der Waals surface area contributed by atoms with Gasteiger partial charge in [0.15, 0.2) is 0 Å². The van der Waals surface area contributed by atoms with Crippen LogP contribution in [0.2, 0.25) is 0 Å². The maximum absolute atomic E-state index is 11.8. The second-order valence-electron chi connectivity index (χ2n) is 5.87. The predicted octanol–water partition coefficient (Wildman–Crippen LogP) is 1.73. The first-order valence-corrected chi connectivity index (χ1v) is 7.32. The van der Waals surface area contributed by atoms with Crippen LogP contribution in [0.5, 0.6) is 0 Å². The molecule has 1 saturated carbocycles. The number of hydrogen-bond acceptors (Lipinski definition) is 3. The van der Waals surface area contributed by atoms with Gasteiger partial charge in [0.05, 0.1) is 13.2 Å². The van der Waals surface area contributed by atoms with Gasteiger partial charge < -0.3 is 15.4 Å². The minimum Gasteiger partial charge on any atom is -0.378 e. The highest BCUT2D eigenvalue weighted by Crippen LogP contribution is 2.27. The maximum atomic E-state index is 11.8. The van der Waals surface area contributed by atoms with Gasteiger partial charge in [0.25, 0.3) is 0 Å². The van der Waals surface area contributed by atoms with E-state index in [-0.39, 0.29) is 24.4 Å². The molecule has 0 bridgehead atoms. The van der Waals surface area contributed by atoms with Crippen LogP contribution in [0.25, 0.3) is 0 Å². The zero-order valence-electron chi connectivity index (χ0n) is 11.8. The Bertz CT molecular complexity index is 270. The zero-order chi connectivity index (χ0) is 12.8. The molecule has 4 nitrogen and oxygen atoms in total. The van der Waals surface area contributed by atoms with E-state index >= 15 is 0 Å². The highest BCUT2D eigenvalue weighted by atomic mass is 35.5. The second kappa shape index (κ2) is 8.77. The summed E-state index contributed by atoms with van der Waals surface area (Å²) in [4.78, 5) is 11.8. The molecule has 2 fully saturated rings. The second-order valence-corrected chi connectivity index (χ2v) is 5.87. The summed E-state index contributed by atoms with van der Waals surface area (Å²) in [5.41, 5.74) is 0. The quantitative estimate of drug-likeness (QED) is 0.829. The monoisotopic (exact) mass is 290 g/mol. The number of amides is 1. The molecular weight excluding hydrogens is 264 g/mol. The van der Waals surface area contributed by atoms with E-state index < -0.39 is 0 Å². The summed E-state index contributed by atoms with van der Waals surface area (Å²) in [6.45, 7) is 5.46. The molecule has 0 aromatic rings. The molecule has 1 amide bonds. The van der Waals surface area contributed by atoms with Gasteiger partial charge in [-0.25, -0.2) is 0 Å². The van der Waals surface area contributed by atoms with Crippen LogP contribution in [0, 0.1) is 11.8 Å². The molecule has 3 unspecified atom stereocenters.